The van der Waals surface area contributed by atoms with E-state index in [0.29, 0.717) is 24.1 Å². The molecule has 0 radical (unpaired) electrons. The third kappa shape index (κ3) is 3.87. The number of aryl methyl sites for hydroxylation is 1. The highest BCUT2D eigenvalue weighted by Crippen LogP contribution is 2.30. The average Bonchev–Trinajstić information content (AvgIpc) is 3.17. The lowest BCUT2D eigenvalue weighted by molar-refractivity contribution is -0.156. The minimum Gasteiger partial charge on any atom is -0.463 e. The van der Waals surface area contributed by atoms with Crippen molar-refractivity contribution >= 4 is 39.5 Å². The van der Waals surface area contributed by atoms with Crippen LogP contribution in [0.5, 0.6) is 0 Å². The van der Waals surface area contributed by atoms with Crippen molar-refractivity contribution in [3.8, 4) is 0 Å². The molecule has 25 heavy (non-hydrogen) atoms. The van der Waals surface area contributed by atoms with E-state index in [0.717, 1.165) is 6.08 Å². The van der Waals surface area contributed by atoms with Crippen LogP contribution in [0, 0.1) is 6.92 Å². The van der Waals surface area contributed by atoms with E-state index in [-0.39, 0.29) is 29.3 Å². The average molecular weight is 389 g/mol. The van der Waals surface area contributed by atoms with E-state index in [1.807, 2.05) is 0 Å². The summed E-state index contributed by atoms with van der Waals surface area (Å²) >= 11 is 6.31. The predicted molar refractivity (Wildman–Crippen MR) is 88.8 cm³/mol. The SMILES string of the molecule is Cc1nn([C@@H]2CCS(=O)(=O)C2)c(Cl)c1/C=C/C(=O)O[C@H]1CCOC1=O. The Morgan fingerprint density at radius 2 is 2.20 bits per heavy atom. The van der Waals surface area contributed by atoms with E-state index < -0.39 is 27.9 Å². The van der Waals surface area contributed by atoms with Crippen LogP contribution in [0.25, 0.3) is 6.08 Å². The highest BCUT2D eigenvalue weighted by Gasteiger charge is 2.32. The van der Waals surface area contributed by atoms with Gasteiger partial charge in [0.25, 0.3) is 0 Å². The normalized spacial score (nSPS) is 25.4. The number of sulfone groups is 1. The van der Waals surface area contributed by atoms with Crippen molar-refractivity contribution in [3.05, 3.63) is 22.5 Å². The fourth-order valence-electron chi connectivity index (χ4n) is 2.85. The summed E-state index contributed by atoms with van der Waals surface area (Å²) in [6.07, 6.45) is 2.54. The molecule has 0 aromatic carbocycles. The number of cyclic esters (lactones) is 1. The Morgan fingerprint density at radius 3 is 2.80 bits per heavy atom. The summed E-state index contributed by atoms with van der Waals surface area (Å²) in [6.45, 7) is 1.95. The van der Waals surface area contributed by atoms with Crippen molar-refractivity contribution in [1.82, 2.24) is 9.78 Å². The monoisotopic (exact) mass is 388 g/mol. The molecule has 1 aromatic rings. The molecule has 2 atom stereocenters. The molecule has 0 unspecified atom stereocenters. The maximum absolute atomic E-state index is 11.8. The zero-order chi connectivity index (χ0) is 18.2. The quantitative estimate of drug-likeness (QED) is 0.561. The molecular weight excluding hydrogens is 372 g/mol. The number of hydrogen-bond donors (Lipinski definition) is 0. The predicted octanol–water partition coefficient (Wildman–Crippen LogP) is 1.08. The number of carbonyl (C=O) groups is 2. The fraction of sp³-hybridized carbons (Fsp3) is 0.533. The first kappa shape index (κ1) is 17.9. The molecule has 0 saturated carbocycles. The molecule has 8 nitrogen and oxygen atoms in total. The number of rotatable bonds is 4. The third-order valence-corrected chi connectivity index (χ3v) is 6.28. The summed E-state index contributed by atoms with van der Waals surface area (Å²) in [5, 5.41) is 4.56. The second-order valence-corrected chi connectivity index (χ2v) is 8.59. The van der Waals surface area contributed by atoms with E-state index in [2.05, 4.69) is 5.10 Å². The van der Waals surface area contributed by atoms with Gasteiger partial charge in [0, 0.05) is 18.1 Å². The minimum atomic E-state index is -3.06. The molecule has 0 bridgehead atoms. The lowest BCUT2D eigenvalue weighted by atomic mass is 10.2. The maximum Gasteiger partial charge on any atom is 0.347 e. The number of ether oxygens (including phenoxy) is 2. The molecule has 0 spiro atoms. The summed E-state index contributed by atoms with van der Waals surface area (Å²) in [5.74, 6) is -1.12. The van der Waals surface area contributed by atoms with Crippen LogP contribution in [0.4, 0.5) is 0 Å². The first-order valence-corrected chi connectivity index (χ1v) is 9.97. The third-order valence-electron chi connectivity index (χ3n) is 4.16. The topological polar surface area (TPSA) is 105 Å². The first-order chi connectivity index (χ1) is 11.8. The zero-order valence-electron chi connectivity index (χ0n) is 13.5. The molecule has 10 heteroatoms. The van der Waals surface area contributed by atoms with Gasteiger partial charge in [-0.25, -0.2) is 22.7 Å². The van der Waals surface area contributed by atoms with Gasteiger partial charge < -0.3 is 9.47 Å². The van der Waals surface area contributed by atoms with E-state index in [1.54, 1.807) is 6.92 Å². The second-order valence-electron chi connectivity index (χ2n) is 6.01. The highest BCUT2D eigenvalue weighted by molar-refractivity contribution is 7.91. The Bertz CT molecular complexity index is 844. The second kappa shape index (κ2) is 6.80. The number of hydrogen-bond acceptors (Lipinski definition) is 7. The summed E-state index contributed by atoms with van der Waals surface area (Å²) in [5.41, 5.74) is 1.08. The van der Waals surface area contributed by atoms with Crippen molar-refractivity contribution in [1.29, 1.82) is 0 Å². The van der Waals surface area contributed by atoms with Gasteiger partial charge in [-0.05, 0) is 19.4 Å². The summed E-state index contributed by atoms with van der Waals surface area (Å²) in [7, 11) is -3.06. The van der Waals surface area contributed by atoms with Crippen molar-refractivity contribution < 1.29 is 27.5 Å². The summed E-state index contributed by atoms with van der Waals surface area (Å²) < 4.78 is 34.5. The van der Waals surface area contributed by atoms with Gasteiger partial charge in [0.1, 0.15) is 5.15 Å². The van der Waals surface area contributed by atoms with Crippen molar-refractivity contribution in [2.75, 3.05) is 18.1 Å². The molecule has 1 aromatic heterocycles. The van der Waals surface area contributed by atoms with Crippen LogP contribution in [0.2, 0.25) is 5.15 Å². The Labute approximate surface area is 149 Å². The Balaban J connectivity index is 1.72. The van der Waals surface area contributed by atoms with Crippen molar-refractivity contribution in [3.63, 3.8) is 0 Å². The Morgan fingerprint density at radius 1 is 1.44 bits per heavy atom. The van der Waals surface area contributed by atoms with Gasteiger partial charge in [-0.3, -0.25) is 0 Å². The zero-order valence-corrected chi connectivity index (χ0v) is 15.0. The van der Waals surface area contributed by atoms with Gasteiger partial charge in [0.15, 0.2) is 9.84 Å². The first-order valence-electron chi connectivity index (χ1n) is 7.77. The van der Waals surface area contributed by atoms with Gasteiger partial charge in [-0.15, -0.1) is 0 Å². The van der Waals surface area contributed by atoms with E-state index in [4.69, 9.17) is 21.1 Å². The molecule has 2 fully saturated rings. The smallest absolute Gasteiger partial charge is 0.347 e. The van der Waals surface area contributed by atoms with Crippen LogP contribution < -0.4 is 0 Å². The van der Waals surface area contributed by atoms with Crippen LogP contribution in [0.3, 0.4) is 0 Å². The molecule has 2 aliphatic heterocycles. The fourth-order valence-corrected chi connectivity index (χ4v) is 4.91. The standard InChI is InChI=1S/C15H17ClN2O6S/c1-9-11(2-3-13(19)24-12-4-6-23-15(12)20)14(16)18(17-9)10-5-7-25(21,22)8-10/h2-3,10,12H,4-8H2,1H3/b3-2+/t10-,12+/m1/s1. The van der Waals surface area contributed by atoms with Crippen LogP contribution in [0.1, 0.15) is 30.1 Å². The molecule has 2 saturated heterocycles. The number of halogens is 1. The van der Waals surface area contributed by atoms with Gasteiger partial charge >= 0.3 is 11.9 Å². The van der Waals surface area contributed by atoms with Crippen LogP contribution >= 0.6 is 11.6 Å². The van der Waals surface area contributed by atoms with Gasteiger partial charge in [0.05, 0.1) is 29.8 Å². The molecule has 2 aliphatic rings. The Hall–Kier alpha value is -1.87. The number of nitrogens with zero attached hydrogens (tertiary/aromatic N) is 2. The van der Waals surface area contributed by atoms with E-state index in [1.165, 1.54) is 10.8 Å². The summed E-state index contributed by atoms with van der Waals surface area (Å²) in [6, 6.07) is -0.307. The van der Waals surface area contributed by atoms with Gasteiger partial charge in [-0.2, -0.15) is 5.10 Å². The highest BCUT2D eigenvalue weighted by atomic mass is 35.5. The van der Waals surface area contributed by atoms with Crippen LogP contribution in [-0.4, -0.2) is 54.4 Å². The number of carbonyl (C=O) groups excluding carboxylic acids is 2. The molecular formula is C15H17ClN2O6S. The lowest BCUT2D eigenvalue weighted by Crippen LogP contribution is -2.21. The van der Waals surface area contributed by atoms with Crippen molar-refractivity contribution in [2.24, 2.45) is 0 Å². The molecule has 136 valence electrons. The largest absolute Gasteiger partial charge is 0.463 e. The lowest BCUT2D eigenvalue weighted by Gasteiger charge is -2.09. The van der Waals surface area contributed by atoms with Gasteiger partial charge in [-0.1, -0.05) is 11.6 Å². The van der Waals surface area contributed by atoms with Crippen LogP contribution in [0.15, 0.2) is 6.08 Å². The Kier molecular flexibility index (Phi) is 4.88. The van der Waals surface area contributed by atoms with Gasteiger partial charge in [0.2, 0.25) is 6.10 Å². The van der Waals surface area contributed by atoms with Crippen molar-refractivity contribution in [2.45, 2.75) is 31.9 Å². The van der Waals surface area contributed by atoms with Crippen LogP contribution in [-0.2, 0) is 28.9 Å². The minimum absolute atomic E-state index is 0.00281. The summed E-state index contributed by atoms with van der Waals surface area (Å²) in [4.78, 5) is 23.1. The van der Waals surface area contributed by atoms with E-state index >= 15 is 0 Å². The molecule has 0 N–H and O–H groups in total. The molecule has 3 rings (SSSR count). The maximum atomic E-state index is 11.8. The molecule has 0 aliphatic carbocycles. The number of aromatic nitrogens is 2. The van der Waals surface area contributed by atoms with E-state index in [9.17, 15) is 18.0 Å². The molecule has 3 heterocycles. The molecule has 0 amide bonds. The number of esters is 2.